The molecular formula is C14H16N2. The second-order valence-corrected chi connectivity index (χ2v) is 3.90. The summed E-state index contributed by atoms with van der Waals surface area (Å²) in [6.45, 7) is 1.99. The molecule has 0 saturated carbocycles. The monoisotopic (exact) mass is 212 g/mol. The molecule has 0 aliphatic heterocycles. The summed E-state index contributed by atoms with van der Waals surface area (Å²) < 4.78 is 0. The van der Waals surface area contributed by atoms with E-state index in [0.29, 0.717) is 0 Å². The molecule has 0 radical (unpaired) electrons. The Hall–Kier alpha value is -1.80. The second kappa shape index (κ2) is 4.81. The molecule has 2 rings (SSSR count). The summed E-state index contributed by atoms with van der Waals surface area (Å²) in [6, 6.07) is 18.4. The molecule has 0 heterocycles. The van der Waals surface area contributed by atoms with E-state index in [1.807, 2.05) is 49.4 Å². The van der Waals surface area contributed by atoms with Crippen LogP contribution >= 0.6 is 0 Å². The fourth-order valence-corrected chi connectivity index (χ4v) is 1.56. The maximum absolute atomic E-state index is 5.80. The minimum atomic E-state index is 0.0887. The highest BCUT2D eigenvalue weighted by molar-refractivity contribution is 5.59. The van der Waals surface area contributed by atoms with E-state index in [1.165, 1.54) is 0 Å². The first-order valence-electron chi connectivity index (χ1n) is 5.43. The van der Waals surface area contributed by atoms with Crippen LogP contribution in [0.2, 0.25) is 0 Å². The van der Waals surface area contributed by atoms with Crippen LogP contribution in [0.3, 0.4) is 0 Å². The van der Waals surface area contributed by atoms with Crippen LogP contribution in [0.25, 0.3) is 0 Å². The Morgan fingerprint density at radius 3 is 2.00 bits per heavy atom. The van der Waals surface area contributed by atoms with Crippen LogP contribution in [0.15, 0.2) is 54.6 Å². The summed E-state index contributed by atoms with van der Waals surface area (Å²) in [5, 5.41) is 3.33. The maximum Gasteiger partial charge on any atom is 0.0384 e. The average molecular weight is 212 g/mol. The van der Waals surface area contributed by atoms with E-state index in [-0.39, 0.29) is 6.04 Å². The van der Waals surface area contributed by atoms with Gasteiger partial charge in [0.25, 0.3) is 0 Å². The smallest absolute Gasteiger partial charge is 0.0384 e. The fourth-order valence-electron chi connectivity index (χ4n) is 1.56. The molecule has 1 atom stereocenters. The fraction of sp³-hybridized carbons (Fsp3) is 0.143. The Balaban J connectivity index is 2.11. The maximum atomic E-state index is 5.80. The molecular weight excluding hydrogens is 196 g/mol. The Labute approximate surface area is 96.1 Å². The van der Waals surface area contributed by atoms with Crippen molar-refractivity contribution in [3.05, 3.63) is 60.2 Å². The molecule has 0 spiro atoms. The van der Waals surface area contributed by atoms with E-state index in [2.05, 4.69) is 17.4 Å². The van der Waals surface area contributed by atoms with Crippen LogP contribution in [0.4, 0.5) is 11.4 Å². The molecule has 16 heavy (non-hydrogen) atoms. The molecule has 2 aromatic rings. The largest absolute Gasteiger partial charge is 0.356 e. The van der Waals surface area contributed by atoms with Crippen LogP contribution in [-0.4, -0.2) is 0 Å². The molecule has 0 bridgehead atoms. The van der Waals surface area contributed by atoms with Crippen molar-refractivity contribution >= 4 is 11.4 Å². The minimum Gasteiger partial charge on any atom is -0.356 e. The van der Waals surface area contributed by atoms with Crippen LogP contribution in [0.1, 0.15) is 18.5 Å². The predicted octanol–water partition coefficient (Wildman–Crippen LogP) is 3.45. The Bertz CT molecular complexity index is 432. The Morgan fingerprint density at radius 1 is 0.875 bits per heavy atom. The number of hydrogen-bond acceptors (Lipinski definition) is 2. The summed E-state index contributed by atoms with van der Waals surface area (Å²) in [6.07, 6.45) is 0. The number of rotatable bonds is 3. The number of nitrogens with two attached hydrogens (primary N) is 1. The first-order chi connectivity index (χ1) is 7.75. The first kappa shape index (κ1) is 10.7. The van der Waals surface area contributed by atoms with Crippen molar-refractivity contribution in [2.45, 2.75) is 13.0 Å². The topological polar surface area (TPSA) is 38.0 Å². The highest BCUT2D eigenvalue weighted by Gasteiger charge is 1.98. The lowest BCUT2D eigenvalue weighted by Gasteiger charge is -2.09. The van der Waals surface area contributed by atoms with E-state index in [0.717, 1.165) is 16.9 Å². The van der Waals surface area contributed by atoms with Crippen molar-refractivity contribution in [3.63, 3.8) is 0 Å². The molecule has 1 unspecified atom stereocenters. The van der Waals surface area contributed by atoms with Crippen molar-refractivity contribution in [3.8, 4) is 0 Å². The summed E-state index contributed by atoms with van der Waals surface area (Å²) in [4.78, 5) is 0. The van der Waals surface area contributed by atoms with Gasteiger partial charge in [-0.2, -0.15) is 0 Å². The van der Waals surface area contributed by atoms with Gasteiger partial charge < -0.3 is 11.1 Å². The van der Waals surface area contributed by atoms with Crippen LogP contribution in [0, 0.1) is 0 Å². The molecule has 2 heteroatoms. The molecule has 0 aliphatic carbocycles. The van der Waals surface area contributed by atoms with Gasteiger partial charge in [-0.15, -0.1) is 0 Å². The van der Waals surface area contributed by atoms with Gasteiger partial charge in [0.1, 0.15) is 0 Å². The number of nitrogens with one attached hydrogen (secondary N) is 1. The summed E-state index contributed by atoms with van der Waals surface area (Å²) in [5.74, 6) is 0. The summed E-state index contributed by atoms with van der Waals surface area (Å²) >= 11 is 0. The van der Waals surface area contributed by atoms with Gasteiger partial charge in [-0.05, 0) is 36.8 Å². The van der Waals surface area contributed by atoms with Gasteiger partial charge in [-0.1, -0.05) is 30.3 Å². The van der Waals surface area contributed by atoms with Crippen molar-refractivity contribution in [2.75, 3.05) is 5.32 Å². The van der Waals surface area contributed by atoms with Gasteiger partial charge in [0.15, 0.2) is 0 Å². The third-order valence-corrected chi connectivity index (χ3v) is 2.50. The van der Waals surface area contributed by atoms with Crippen molar-refractivity contribution in [1.82, 2.24) is 0 Å². The zero-order chi connectivity index (χ0) is 11.4. The molecule has 0 saturated heterocycles. The average Bonchev–Trinajstić information content (AvgIpc) is 2.31. The number of benzene rings is 2. The minimum absolute atomic E-state index is 0.0887. The van der Waals surface area contributed by atoms with Gasteiger partial charge >= 0.3 is 0 Å². The van der Waals surface area contributed by atoms with E-state index >= 15 is 0 Å². The number of anilines is 2. The second-order valence-electron chi connectivity index (χ2n) is 3.90. The van der Waals surface area contributed by atoms with Crippen LogP contribution in [0.5, 0.6) is 0 Å². The molecule has 0 aromatic heterocycles. The van der Waals surface area contributed by atoms with Gasteiger partial charge in [0.05, 0.1) is 0 Å². The quantitative estimate of drug-likeness (QED) is 0.817. The van der Waals surface area contributed by atoms with Crippen molar-refractivity contribution < 1.29 is 0 Å². The SMILES string of the molecule is CC(N)c1ccc(Nc2ccccc2)cc1. The van der Waals surface area contributed by atoms with Crippen LogP contribution in [-0.2, 0) is 0 Å². The van der Waals surface area contributed by atoms with E-state index < -0.39 is 0 Å². The first-order valence-corrected chi connectivity index (χ1v) is 5.43. The zero-order valence-corrected chi connectivity index (χ0v) is 9.35. The van der Waals surface area contributed by atoms with Gasteiger partial charge in [-0.25, -0.2) is 0 Å². The molecule has 3 N–H and O–H groups in total. The van der Waals surface area contributed by atoms with E-state index in [1.54, 1.807) is 0 Å². The lowest BCUT2D eigenvalue weighted by molar-refractivity contribution is 0.818. The van der Waals surface area contributed by atoms with Gasteiger partial charge in [-0.3, -0.25) is 0 Å². The van der Waals surface area contributed by atoms with Gasteiger partial charge in [0, 0.05) is 17.4 Å². The third-order valence-electron chi connectivity index (χ3n) is 2.50. The molecule has 0 fully saturated rings. The van der Waals surface area contributed by atoms with Crippen molar-refractivity contribution in [2.24, 2.45) is 5.73 Å². The highest BCUT2D eigenvalue weighted by atomic mass is 14.9. The van der Waals surface area contributed by atoms with E-state index in [9.17, 15) is 0 Å². The molecule has 82 valence electrons. The number of hydrogen-bond donors (Lipinski definition) is 2. The lowest BCUT2D eigenvalue weighted by Crippen LogP contribution is -2.04. The zero-order valence-electron chi connectivity index (χ0n) is 9.35. The van der Waals surface area contributed by atoms with Gasteiger partial charge in [0.2, 0.25) is 0 Å². The molecule has 0 amide bonds. The standard InChI is InChI=1S/C14H16N2/c1-11(15)12-7-9-14(10-8-12)16-13-5-3-2-4-6-13/h2-11,16H,15H2,1H3. The molecule has 2 aromatic carbocycles. The van der Waals surface area contributed by atoms with Crippen LogP contribution < -0.4 is 11.1 Å². The Kier molecular flexibility index (Phi) is 3.22. The third kappa shape index (κ3) is 2.61. The van der Waals surface area contributed by atoms with Crippen molar-refractivity contribution in [1.29, 1.82) is 0 Å². The number of para-hydroxylation sites is 1. The highest BCUT2D eigenvalue weighted by Crippen LogP contribution is 2.18. The molecule has 0 aliphatic rings. The van der Waals surface area contributed by atoms with E-state index in [4.69, 9.17) is 5.73 Å². The predicted molar refractivity (Wildman–Crippen MR) is 68.8 cm³/mol. The normalized spacial score (nSPS) is 12.1. The molecule has 2 nitrogen and oxygen atoms in total. The summed E-state index contributed by atoms with van der Waals surface area (Å²) in [5.41, 5.74) is 9.12. The Morgan fingerprint density at radius 2 is 1.44 bits per heavy atom. The summed E-state index contributed by atoms with van der Waals surface area (Å²) in [7, 11) is 0. The lowest BCUT2D eigenvalue weighted by atomic mass is 10.1.